The molecule has 2 heterocycles. The summed E-state index contributed by atoms with van der Waals surface area (Å²) in [5.41, 5.74) is 3.53. The Morgan fingerprint density at radius 3 is 2.40 bits per heavy atom. The molecule has 4 rings (SSSR count). The van der Waals surface area contributed by atoms with Gasteiger partial charge in [-0.15, -0.1) is 0 Å². The number of ketones is 1. The lowest BCUT2D eigenvalue weighted by molar-refractivity contribution is -0.139. The zero-order valence-electron chi connectivity index (χ0n) is 20.4. The molecule has 6 heteroatoms. The number of Topliss-reactive ketones (excluding diaryl/α,β-unsaturated/α-hetero) is 1. The number of benzene rings is 2. The van der Waals surface area contributed by atoms with Gasteiger partial charge in [0, 0.05) is 18.3 Å². The van der Waals surface area contributed by atoms with Gasteiger partial charge in [0.05, 0.1) is 11.3 Å². The van der Waals surface area contributed by atoms with Crippen molar-refractivity contribution in [1.29, 1.82) is 0 Å². The van der Waals surface area contributed by atoms with Gasteiger partial charge >= 0.3 is 0 Å². The summed E-state index contributed by atoms with van der Waals surface area (Å²) in [4.78, 5) is 32.3. The number of carbonyl (C=O) groups is 2. The van der Waals surface area contributed by atoms with Crippen molar-refractivity contribution in [2.75, 3.05) is 6.54 Å². The molecule has 1 saturated heterocycles. The predicted octanol–water partition coefficient (Wildman–Crippen LogP) is 5.49. The molecule has 1 atom stereocenters. The Balaban J connectivity index is 1.81. The number of aromatic nitrogens is 1. The fourth-order valence-corrected chi connectivity index (χ4v) is 4.35. The number of hydrogen-bond acceptors (Lipinski definition) is 4. The van der Waals surface area contributed by atoms with E-state index in [1.165, 1.54) is 17.0 Å². The predicted molar refractivity (Wildman–Crippen MR) is 133 cm³/mol. The number of nitrogens with zero attached hydrogens (tertiary/aromatic N) is 2. The maximum atomic E-state index is 13.3. The second kappa shape index (κ2) is 9.45. The first-order valence-electron chi connectivity index (χ1n) is 11.6. The van der Waals surface area contributed by atoms with Gasteiger partial charge in [-0.2, -0.15) is 0 Å². The molecule has 180 valence electrons. The second-order valence-electron chi connectivity index (χ2n) is 9.90. The van der Waals surface area contributed by atoms with E-state index in [1.807, 2.05) is 25.1 Å². The van der Waals surface area contributed by atoms with Crippen LogP contribution in [-0.4, -0.2) is 33.2 Å². The Morgan fingerprint density at radius 2 is 1.77 bits per heavy atom. The fourth-order valence-electron chi connectivity index (χ4n) is 4.35. The van der Waals surface area contributed by atoms with Crippen molar-refractivity contribution in [3.8, 4) is 0 Å². The molecule has 5 nitrogen and oxygen atoms in total. The fraction of sp³-hybridized carbons (Fsp3) is 0.276. The van der Waals surface area contributed by atoms with Crippen molar-refractivity contribution >= 4 is 17.4 Å². The Bertz CT molecular complexity index is 1290. The van der Waals surface area contributed by atoms with E-state index in [-0.39, 0.29) is 29.1 Å². The average molecular weight is 473 g/mol. The van der Waals surface area contributed by atoms with Crippen molar-refractivity contribution in [3.63, 3.8) is 0 Å². The summed E-state index contributed by atoms with van der Waals surface area (Å²) in [6.07, 6.45) is 2.02. The van der Waals surface area contributed by atoms with E-state index in [4.69, 9.17) is 0 Å². The molecule has 0 bridgehead atoms. The molecule has 1 aliphatic heterocycles. The van der Waals surface area contributed by atoms with Crippen LogP contribution >= 0.6 is 0 Å². The maximum Gasteiger partial charge on any atom is 0.295 e. The van der Waals surface area contributed by atoms with E-state index in [2.05, 4.69) is 25.8 Å². The monoisotopic (exact) mass is 472 g/mol. The van der Waals surface area contributed by atoms with E-state index in [0.717, 1.165) is 16.7 Å². The second-order valence-corrected chi connectivity index (χ2v) is 9.90. The minimum absolute atomic E-state index is 0.0296. The van der Waals surface area contributed by atoms with E-state index in [0.29, 0.717) is 17.7 Å². The molecular formula is C29H29FN2O3. The number of hydrogen-bond donors (Lipinski definition) is 1. The molecule has 2 aromatic carbocycles. The summed E-state index contributed by atoms with van der Waals surface area (Å²) in [5.74, 6) is -1.96. The number of likely N-dealkylation sites (tertiary alicyclic amines) is 1. The Morgan fingerprint density at radius 1 is 1.06 bits per heavy atom. The molecule has 1 fully saturated rings. The minimum atomic E-state index is -0.825. The first-order chi connectivity index (χ1) is 16.6. The molecule has 0 radical (unpaired) electrons. The van der Waals surface area contributed by atoms with Crippen LogP contribution in [0.15, 0.2) is 72.4 Å². The number of carbonyl (C=O) groups excluding carboxylic acids is 2. The number of aliphatic hydroxyl groups is 1. The van der Waals surface area contributed by atoms with Crippen molar-refractivity contribution in [2.45, 2.75) is 45.6 Å². The van der Waals surface area contributed by atoms with E-state index in [9.17, 15) is 19.1 Å². The third kappa shape index (κ3) is 4.87. The Kier molecular flexibility index (Phi) is 6.57. The van der Waals surface area contributed by atoms with Crippen LogP contribution in [0.25, 0.3) is 5.76 Å². The largest absolute Gasteiger partial charge is 0.507 e. The van der Waals surface area contributed by atoms with Crippen LogP contribution in [0.1, 0.15) is 54.8 Å². The van der Waals surface area contributed by atoms with Crippen LogP contribution in [-0.2, 0) is 21.4 Å². The van der Waals surface area contributed by atoms with E-state index in [1.54, 1.807) is 36.5 Å². The summed E-state index contributed by atoms with van der Waals surface area (Å²) < 4.78 is 13.3. The zero-order valence-corrected chi connectivity index (χ0v) is 20.4. The van der Waals surface area contributed by atoms with Crippen LogP contribution < -0.4 is 0 Å². The van der Waals surface area contributed by atoms with Crippen LogP contribution in [0.3, 0.4) is 0 Å². The maximum absolute atomic E-state index is 13.3. The van der Waals surface area contributed by atoms with Crippen molar-refractivity contribution < 1.29 is 19.1 Å². The summed E-state index contributed by atoms with van der Waals surface area (Å²) in [7, 11) is 0. The molecule has 1 aromatic heterocycles. The molecule has 1 N–H and O–H groups in total. The Hall–Kier alpha value is -3.80. The number of pyridine rings is 1. The SMILES string of the molecule is Cc1ccc(C(C)(C)C)cc1/C(O)=C1\C(=O)C(=O)N(CCc2ccc(F)cc2)C1c1ccccn1. The molecule has 0 aliphatic carbocycles. The van der Waals surface area contributed by atoms with Crippen molar-refractivity contribution in [1.82, 2.24) is 9.88 Å². The lowest BCUT2D eigenvalue weighted by Crippen LogP contribution is -2.32. The number of amides is 1. The molecule has 0 saturated carbocycles. The van der Waals surface area contributed by atoms with Gasteiger partial charge in [-0.3, -0.25) is 14.6 Å². The quantitative estimate of drug-likeness (QED) is 0.303. The molecule has 1 aliphatic rings. The highest BCUT2D eigenvalue weighted by molar-refractivity contribution is 6.46. The number of halogens is 1. The molecule has 1 unspecified atom stereocenters. The van der Waals surface area contributed by atoms with Gasteiger partial charge in [0.1, 0.15) is 17.6 Å². The van der Waals surface area contributed by atoms with Gasteiger partial charge < -0.3 is 10.0 Å². The number of rotatable bonds is 5. The summed E-state index contributed by atoms with van der Waals surface area (Å²) in [6.45, 7) is 8.30. The number of aliphatic hydroxyl groups excluding tert-OH is 1. The first-order valence-corrected chi connectivity index (χ1v) is 11.6. The highest BCUT2D eigenvalue weighted by atomic mass is 19.1. The molecule has 3 aromatic rings. The lowest BCUT2D eigenvalue weighted by Gasteiger charge is -2.25. The normalized spacial score (nSPS) is 17.7. The Labute approximate surface area is 204 Å². The summed E-state index contributed by atoms with van der Waals surface area (Å²) >= 11 is 0. The van der Waals surface area contributed by atoms with Gasteiger partial charge in [0.15, 0.2) is 0 Å². The van der Waals surface area contributed by atoms with Crippen LogP contribution in [0, 0.1) is 12.7 Å². The van der Waals surface area contributed by atoms with Crippen molar-refractivity contribution in [2.24, 2.45) is 0 Å². The van der Waals surface area contributed by atoms with Gasteiger partial charge in [0.25, 0.3) is 11.7 Å². The average Bonchev–Trinajstić information content (AvgIpc) is 3.08. The highest BCUT2D eigenvalue weighted by Crippen LogP contribution is 2.39. The standard InChI is InChI=1S/C29H29FN2O3/c1-18-8-11-20(29(2,3)4)17-22(18)26(33)24-25(23-7-5-6-15-31-23)32(28(35)27(24)34)16-14-19-9-12-21(30)13-10-19/h5-13,15,17,25,33H,14,16H2,1-4H3/b26-24+. The van der Waals surface area contributed by atoms with Crippen LogP contribution in [0.5, 0.6) is 0 Å². The van der Waals surface area contributed by atoms with E-state index < -0.39 is 17.7 Å². The zero-order chi connectivity index (χ0) is 25.3. The smallest absolute Gasteiger partial charge is 0.295 e. The summed E-state index contributed by atoms with van der Waals surface area (Å²) in [6, 6.07) is 16.3. The van der Waals surface area contributed by atoms with Gasteiger partial charge in [0.2, 0.25) is 0 Å². The molecule has 35 heavy (non-hydrogen) atoms. The van der Waals surface area contributed by atoms with Gasteiger partial charge in [-0.1, -0.05) is 51.1 Å². The molecule has 1 amide bonds. The molecule has 0 spiro atoms. The van der Waals surface area contributed by atoms with Crippen LogP contribution in [0.4, 0.5) is 4.39 Å². The topological polar surface area (TPSA) is 70.5 Å². The summed E-state index contributed by atoms with van der Waals surface area (Å²) in [5, 5.41) is 11.5. The van der Waals surface area contributed by atoms with Gasteiger partial charge in [-0.25, -0.2) is 4.39 Å². The molecular weight excluding hydrogens is 443 g/mol. The van der Waals surface area contributed by atoms with E-state index >= 15 is 0 Å². The first kappa shape index (κ1) is 24.3. The third-order valence-corrected chi connectivity index (χ3v) is 6.42. The van der Waals surface area contributed by atoms with Crippen molar-refractivity contribution in [3.05, 3.63) is 106 Å². The number of aryl methyl sites for hydroxylation is 1. The highest BCUT2D eigenvalue weighted by Gasteiger charge is 2.46. The minimum Gasteiger partial charge on any atom is -0.507 e. The van der Waals surface area contributed by atoms with Crippen LogP contribution in [0.2, 0.25) is 0 Å². The van der Waals surface area contributed by atoms with Gasteiger partial charge in [-0.05, 0) is 65.8 Å². The third-order valence-electron chi connectivity index (χ3n) is 6.42. The lowest BCUT2D eigenvalue weighted by atomic mass is 9.84.